The highest BCUT2D eigenvalue weighted by Gasteiger charge is 2.24. The zero-order valence-corrected chi connectivity index (χ0v) is 13.4. The molecule has 4 nitrogen and oxygen atoms in total. The number of rotatable bonds is 6. The van der Waals surface area contributed by atoms with Crippen molar-refractivity contribution < 1.29 is 4.79 Å². The Kier molecular flexibility index (Phi) is 6.71. The molecule has 0 bridgehead atoms. The summed E-state index contributed by atoms with van der Waals surface area (Å²) in [6.45, 7) is 11.3. The lowest BCUT2D eigenvalue weighted by atomic mass is 9.84. The van der Waals surface area contributed by atoms with Gasteiger partial charge in [0, 0.05) is 32.1 Å². The van der Waals surface area contributed by atoms with Gasteiger partial charge in [-0.05, 0) is 50.6 Å². The molecule has 2 aliphatic heterocycles. The van der Waals surface area contributed by atoms with E-state index in [1.807, 2.05) is 6.08 Å². The molecule has 2 saturated heterocycles. The van der Waals surface area contributed by atoms with Gasteiger partial charge in [0.05, 0.1) is 0 Å². The number of carbonyl (C=O) groups is 1. The first-order valence-electron chi connectivity index (χ1n) is 8.52. The minimum absolute atomic E-state index is 0.253. The Balaban J connectivity index is 1.66. The van der Waals surface area contributed by atoms with Crippen LogP contribution >= 0.6 is 0 Å². The number of amides is 1. The Morgan fingerprint density at radius 2 is 2.00 bits per heavy atom. The van der Waals surface area contributed by atoms with Crippen molar-refractivity contribution >= 4 is 5.91 Å². The number of piperidine rings is 2. The van der Waals surface area contributed by atoms with Crippen LogP contribution in [-0.2, 0) is 4.79 Å². The largest absolute Gasteiger partial charge is 0.353 e. The summed E-state index contributed by atoms with van der Waals surface area (Å²) in [4.78, 5) is 14.6. The van der Waals surface area contributed by atoms with E-state index in [1.165, 1.54) is 12.8 Å². The molecule has 1 amide bonds. The zero-order chi connectivity index (χ0) is 15.1. The van der Waals surface area contributed by atoms with E-state index in [2.05, 4.69) is 29.0 Å². The van der Waals surface area contributed by atoms with Gasteiger partial charge in [0.25, 0.3) is 0 Å². The average Bonchev–Trinajstić information content (AvgIpc) is 2.50. The Morgan fingerprint density at radius 1 is 1.33 bits per heavy atom. The molecule has 0 aliphatic carbocycles. The highest BCUT2D eigenvalue weighted by Crippen LogP contribution is 2.24. The van der Waals surface area contributed by atoms with Gasteiger partial charge in [-0.3, -0.25) is 9.69 Å². The molecule has 2 rings (SSSR count). The highest BCUT2D eigenvalue weighted by atomic mass is 16.1. The molecule has 0 aromatic heterocycles. The van der Waals surface area contributed by atoms with E-state index in [9.17, 15) is 4.79 Å². The second-order valence-electron chi connectivity index (χ2n) is 6.70. The van der Waals surface area contributed by atoms with E-state index < -0.39 is 0 Å². The molecular weight excluding hydrogens is 262 g/mol. The number of hydrogen-bond acceptors (Lipinski definition) is 3. The molecule has 0 aromatic rings. The fourth-order valence-electron chi connectivity index (χ4n) is 3.60. The van der Waals surface area contributed by atoms with Crippen LogP contribution in [0, 0.1) is 11.8 Å². The number of hydrogen-bond donors (Lipinski definition) is 2. The van der Waals surface area contributed by atoms with Gasteiger partial charge in [-0.1, -0.05) is 13.0 Å². The number of carbonyl (C=O) groups excluding carboxylic acids is 1. The molecule has 2 aliphatic rings. The molecule has 2 heterocycles. The van der Waals surface area contributed by atoms with Crippen molar-refractivity contribution in [3.8, 4) is 0 Å². The quantitative estimate of drug-likeness (QED) is 0.734. The van der Waals surface area contributed by atoms with Crippen LogP contribution in [0.1, 0.15) is 39.0 Å². The van der Waals surface area contributed by atoms with Gasteiger partial charge in [0.2, 0.25) is 5.91 Å². The van der Waals surface area contributed by atoms with Crippen molar-refractivity contribution in [2.24, 2.45) is 11.8 Å². The minimum Gasteiger partial charge on any atom is -0.353 e. The van der Waals surface area contributed by atoms with Crippen molar-refractivity contribution in [3.63, 3.8) is 0 Å². The fourth-order valence-corrected chi connectivity index (χ4v) is 3.60. The molecule has 0 spiro atoms. The van der Waals surface area contributed by atoms with Gasteiger partial charge in [-0.15, -0.1) is 6.58 Å². The summed E-state index contributed by atoms with van der Waals surface area (Å²) in [5, 5.41) is 6.64. The number of likely N-dealkylation sites (tertiary alicyclic amines) is 1. The average molecular weight is 293 g/mol. The first kappa shape index (κ1) is 16.5. The molecule has 2 fully saturated rings. The lowest BCUT2D eigenvalue weighted by molar-refractivity contribution is -0.123. The van der Waals surface area contributed by atoms with Crippen molar-refractivity contribution in [3.05, 3.63) is 12.7 Å². The number of nitrogens with zero attached hydrogens (tertiary/aromatic N) is 1. The predicted octanol–water partition coefficient (Wildman–Crippen LogP) is 1.78. The maximum Gasteiger partial charge on any atom is 0.220 e. The second kappa shape index (κ2) is 8.54. The maximum atomic E-state index is 12.2. The smallest absolute Gasteiger partial charge is 0.220 e. The molecule has 21 heavy (non-hydrogen) atoms. The van der Waals surface area contributed by atoms with Gasteiger partial charge in [0.1, 0.15) is 0 Å². The predicted molar refractivity (Wildman–Crippen MR) is 87.2 cm³/mol. The molecule has 2 N–H and O–H groups in total. The van der Waals surface area contributed by atoms with Crippen molar-refractivity contribution in [2.45, 2.75) is 45.1 Å². The fraction of sp³-hybridized carbons (Fsp3) is 0.824. The van der Waals surface area contributed by atoms with Crippen LogP contribution in [0.15, 0.2) is 12.7 Å². The summed E-state index contributed by atoms with van der Waals surface area (Å²) in [6, 6.07) is 0.374. The summed E-state index contributed by atoms with van der Waals surface area (Å²) in [7, 11) is 0. The van der Waals surface area contributed by atoms with Crippen molar-refractivity contribution in [1.29, 1.82) is 0 Å². The summed E-state index contributed by atoms with van der Waals surface area (Å²) >= 11 is 0. The molecular formula is C17H31N3O. The lowest BCUT2D eigenvalue weighted by Crippen LogP contribution is -2.45. The van der Waals surface area contributed by atoms with Gasteiger partial charge in [-0.2, -0.15) is 0 Å². The third-order valence-corrected chi connectivity index (χ3v) is 5.04. The third kappa shape index (κ3) is 5.44. The monoisotopic (exact) mass is 293 g/mol. The highest BCUT2D eigenvalue weighted by molar-refractivity contribution is 5.76. The summed E-state index contributed by atoms with van der Waals surface area (Å²) in [5.74, 6) is 1.47. The summed E-state index contributed by atoms with van der Waals surface area (Å²) in [5.41, 5.74) is 0. The lowest BCUT2D eigenvalue weighted by Gasteiger charge is -2.32. The van der Waals surface area contributed by atoms with E-state index in [0.717, 1.165) is 45.6 Å². The van der Waals surface area contributed by atoms with E-state index >= 15 is 0 Å². The van der Waals surface area contributed by atoms with Crippen LogP contribution in [-0.4, -0.2) is 49.6 Å². The second-order valence-corrected chi connectivity index (χ2v) is 6.70. The van der Waals surface area contributed by atoms with E-state index in [0.29, 0.717) is 24.3 Å². The van der Waals surface area contributed by atoms with Gasteiger partial charge >= 0.3 is 0 Å². The molecule has 0 radical (unpaired) electrons. The Hall–Kier alpha value is -0.870. The standard InChI is InChI=1S/C17H31N3O/c1-3-10-20-11-6-16(7-12-20)19-17(21)13-14(2)15-4-8-18-9-5-15/h3,14-16,18H,1,4-13H2,2H3,(H,19,21). The summed E-state index contributed by atoms with van der Waals surface area (Å²) in [6.07, 6.45) is 7.22. The van der Waals surface area contributed by atoms with Crippen LogP contribution in [0.5, 0.6) is 0 Å². The Labute approximate surface area is 129 Å². The van der Waals surface area contributed by atoms with Crippen LogP contribution < -0.4 is 10.6 Å². The van der Waals surface area contributed by atoms with Crippen LogP contribution in [0.3, 0.4) is 0 Å². The van der Waals surface area contributed by atoms with E-state index in [-0.39, 0.29) is 5.91 Å². The maximum absolute atomic E-state index is 12.2. The van der Waals surface area contributed by atoms with Crippen molar-refractivity contribution in [2.75, 3.05) is 32.7 Å². The Morgan fingerprint density at radius 3 is 2.62 bits per heavy atom. The van der Waals surface area contributed by atoms with Gasteiger partial charge in [0.15, 0.2) is 0 Å². The Bertz CT molecular complexity index is 331. The molecule has 1 atom stereocenters. The van der Waals surface area contributed by atoms with Crippen LogP contribution in [0.25, 0.3) is 0 Å². The molecule has 4 heteroatoms. The molecule has 1 unspecified atom stereocenters. The zero-order valence-electron chi connectivity index (χ0n) is 13.4. The minimum atomic E-state index is 0.253. The van der Waals surface area contributed by atoms with Crippen LogP contribution in [0.4, 0.5) is 0 Å². The normalized spacial score (nSPS) is 23.7. The molecule has 120 valence electrons. The third-order valence-electron chi connectivity index (χ3n) is 5.04. The van der Waals surface area contributed by atoms with E-state index in [1.54, 1.807) is 0 Å². The topological polar surface area (TPSA) is 44.4 Å². The number of nitrogens with one attached hydrogen (secondary N) is 2. The van der Waals surface area contributed by atoms with Crippen molar-refractivity contribution in [1.82, 2.24) is 15.5 Å². The molecule has 0 saturated carbocycles. The van der Waals surface area contributed by atoms with Crippen LogP contribution in [0.2, 0.25) is 0 Å². The SMILES string of the molecule is C=CCN1CCC(NC(=O)CC(C)C2CCNCC2)CC1. The first-order valence-corrected chi connectivity index (χ1v) is 8.52. The van der Waals surface area contributed by atoms with Gasteiger partial charge < -0.3 is 10.6 Å². The van der Waals surface area contributed by atoms with E-state index in [4.69, 9.17) is 0 Å². The van der Waals surface area contributed by atoms with Gasteiger partial charge in [-0.25, -0.2) is 0 Å². The first-order chi connectivity index (χ1) is 10.2. The molecule has 0 aromatic carbocycles. The summed E-state index contributed by atoms with van der Waals surface area (Å²) < 4.78 is 0.